The second-order valence-corrected chi connectivity index (χ2v) is 4.97. The number of nitrogens with zero attached hydrogens (tertiary/aromatic N) is 2. The quantitative estimate of drug-likeness (QED) is 0.850. The van der Waals surface area contributed by atoms with Crippen molar-refractivity contribution in [3.8, 4) is 0 Å². The molecule has 1 aliphatic rings. The summed E-state index contributed by atoms with van der Waals surface area (Å²) in [5.74, 6) is 0.810. The number of hydrogen-bond donors (Lipinski definition) is 2. The van der Waals surface area contributed by atoms with E-state index in [1.54, 1.807) is 6.20 Å². The molecule has 0 spiro atoms. The highest BCUT2D eigenvalue weighted by Crippen LogP contribution is 2.29. The van der Waals surface area contributed by atoms with Crippen molar-refractivity contribution in [3.05, 3.63) is 22.8 Å². The summed E-state index contributed by atoms with van der Waals surface area (Å²) in [7, 11) is 0. The molecule has 6 heteroatoms. The van der Waals surface area contributed by atoms with Crippen molar-refractivity contribution >= 4 is 17.4 Å². The first kappa shape index (κ1) is 14.5. The van der Waals surface area contributed by atoms with Crippen molar-refractivity contribution in [1.29, 1.82) is 0 Å². The van der Waals surface area contributed by atoms with E-state index in [1.807, 2.05) is 6.07 Å². The minimum atomic E-state index is 0.0755. The van der Waals surface area contributed by atoms with Crippen LogP contribution in [0.2, 0.25) is 5.02 Å². The van der Waals surface area contributed by atoms with Crippen molar-refractivity contribution in [2.24, 2.45) is 5.73 Å². The van der Waals surface area contributed by atoms with Crippen LogP contribution in [0.4, 0.5) is 5.82 Å². The molecule has 106 valence electrons. The van der Waals surface area contributed by atoms with Gasteiger partial charge in [-0.2, -0.15) is 0 Å². The molecule has 3 N–H and O–H groups in total. The molecular formula is C13H20ClN3O2. The first-order chi connectivity index (χ1) is 9.26. The summed E-state index contributed by atoms with van der Waals surface area (Å²) in [6.45, 7) is 2.62. The molecular weight excluding hydrogens is 266 g/mol. The van der Waals surface area contributed by atoms with E-state index in [0.29, 0.717) is 18.2 Å². The molecule has 1 aromatic rings. The minimum Gasteiger partial charge on any atom is -0.394 e. The molecule has 1 aromatic heterocycles. The molecule has 0 aromatic carbocycles. The number of halogens is 1. The third kappa shape index (κ3) is 3.57. The fraction of sp³-hybridized carbons (Fsp3) is 0.615. The van der Waals surface area contributed by atoms with E-state index in [9.17, 15) is 0 Å². The highest BCUT2D eigenvalue weighted by atomic mass is 35.5. The molecule has 5 nitrogen and oxygen atoms in total. The smallest absolute Gasteiger partial charge is 0.147 e. The van der Waals surface area contributed by atoms with Crippen molar-refractivity contribution in [3.63, 3.8) is 0 Å². The maximum atomic E-state index is 8.75. The zero-order valence-corrected chi connectivity index (χ0v) is 11.6. The Labute approximate surface area is 118 Å². The van der Waals surface area contributed by atoms with Gasteiger partial charge in [0, 0.05) is 25.8 Å². The van der Waals surface area contributed by atoms with Crippen LogP contribution in [0.1, 0.15) is 18.4 Å². The zero-order valence-electron chi connectivity index (χ0n) is 10.9. The van der Waals surface area contributed by atoms with E-state index in [1.165, 1.54) is 0 Å². The normalized spacial score (nSPS) is 16.9. The SMILES string of the molecule is NCc1ccnc(N2CCC(OCCO)CC2)c1Cl. The third-order valence-electron chi connectivity index (χ3n) is 3.36. The van der Waals surface area contributed by atoms with Gasteiger partial charge in [-0.05, 0) is 24.5 Å². The highest BCUT2D eigenvalue weighted by Gasteiger charge is 2.22. The van der Waals surface area contributed by atoms with E-state index in [4.69, 9.17) is 27.2 Å². The number of hydrogen-bond acceptors (Lipinski definition) is 5. The van der Waals surface area contributed by atoms with Gasteiger partial charge in [-0.1, -0.05) is 11.6 Å². The van der Waals surface area contributed by atoms with Crippen molar-refractivity contribution in [1.82, 2.24) is 4.98 Å². The van der Waals surface area contributed by atoms with Crippen LogP contribution < -0.4 is 10.6 Å². The zero-order chi connectivity index (χ0) is 13.7. The van der Waals surface area contributed by atoms with Gasteiger partial charge >= 0.3 is 0 Å². The summed E-state index contributed by atoms with van der Waals surface area (Å²) < 4.78 is 5.54. The van der Waals surface area contributed by atoms with E-state index < -0.39 is 0 Å². The molecule has 2 rings (SSSR count). The maximum absolute atomic E-state index is 8.75. The van der Waals surface area contributed by atoms with Gasteiger partial charge in [0.15, 0.2) is 0 Å². The second kappa shape index (κ2) is 7.05. The lowest BCUT2D eigenvalue weighted by Crippen LogP contribution is -2.38. The highest BCUT2D eigenvalue weighted by molar-refractivity contribution is 6.33. The van der Waals surface area contributed by atoms with Gasteiger partial charge in [0.25, 0.3) is 0 Å². The predicted octanol–water partition coefficient (Wildman–Crippen LogP) is 1.17. The molecule has 1 aliphatic heterocycles. The number of pyridine rings is 1. The van der Waals surface area contributed by atoms with Crippen LogP contribution in [0.15, 0.2) is 12.3 Å². The van der Waals surface area contributed by atoms with Crippen LogP contribution >= 0.6 is 11.6 Å². The molecule has 0 unspecified atom stereocenters. The number of aliphatic hydroxyl groups excluding tert-OH is 1. The largest absolute Gasteiger partial charge is 0.394 e. The maximum Gasteiger partial charge on any atom is 0.147 e. The summed E-state index contributed by atoms with van der Waals surface area (Å²) in [5.41, 5.74) is 6.57. The molecule has 0 radical (unpaired) electrons. The Morgan fingerprint density at radius 2 is 2.21 bits per heavy atom. The Morgan fingerprint density at radius 3 is 2.84 bits per heavy atom. The molecule has 0 saturated carbocycles. The Balaban J connectivity index is 1.98. The van der Waals surface area contributed by atoms with Crippen molar-refractivity contribution < 1.29 is 9.84 Å². The predicted molar refractivity (Wildman–Crippen MR) is 75.4 cm³/mol. The lowest BCUT2D eigenvalue weighted by atomic mass is 10.1. The van der Waals surface area contributed by atoms with Crippen molar-refractivity contribution in [2.45, 2.75) is 25.5 Å². The molecule has 2 heterocycles. The Hall–Kier alpha value is -0.880. The number of nitrogens with two attached hydrogens (primary N) is 1. The molecule has 1 saturated heterocycles. The standard InChI is InChI=1S/C13H20ClN3O2/c14-12-10(9-15)1-4-16-13(12)17-5-2-11(3-6-17)19-8-7-18/h1,4,11,18H,2-3,5-9,15H2. The second-order valence-electron chi connectivity index (χ2n) is 4.59. The van der Waals surface area contributed by atoms with Crippen LogP contribution in [-0.4, -0.2) is 42.5 Å². The number of aromatic nitrogens is 1. The van der Waals surface area contributed by atoms with Gasteiger partial charge in [0.2, 0.25) is 0 Å². The Bertz CT molecular complexity index is 409. The van der Waals surface area contributed by atoms with Crippen molar-refractivity contribution in [2.75, 3.05) is 31.2 Å². The minimum absolute atomic E-state index is 0.0755. The third-order valence-corrected chi connectivity index (χ3v) is 3.77. The molecule has 19 heavy (non-hydrogen) atoms. The van der Waals surface area contributed by atoms with Gasteiger partial charge in [-0.15, -0.1) is 0 Å². The molecule has 0 atom stereocenters. The van der Waals surface area contributed by atoms with E-state index in [2.05, 4.69) is 9.88 Å². The van der Waals surface area contributed by atoms with Crippen LogP contribution in [0.5, 0.6) is 0 Å². The summed E-state index contributed by atoms with van der Waals surface area (Å²) in [6, 6.07) is 1.85. The van der Waals surface area contributed by atoms with Gasteiger partial charge in [0.05, 0.1) is 24.3 Å². The van der Waals surface area contributed by atoms with Crippen LogP contribution in [0.3, 0.4) is 0 Å². The van der Waals surface area contributed by atoms with Gasteiger partial charge < -0.3 is 20.5 Å². The number of aliphatic hydroxyl groups is 1. The molecule has 0 amide bonds. The average molecular weight is 286 g/mol. The Morgan fingerprint density at radius 1 is 1.47 bits per heavy atom. The van der Waals surface area contributed by atoms with E-state index >= 15 is 0 Å². The average Bonchev–Trinajstić information content (AvgIpc) is 2.46. The molecule has 1 fully saturated rings. The summed E-state index contributed by atoms with van der Waals surface area (Å²) in [6.07, 6.45) is 3.81. The van der Waals surface area contributed by atoms with Crippen LogP contribution in [-0.2, 0) is 11.3 Å². The van der Waals surface area contributed by atoms with E-state index in [0.717, 1.165) is 37.3 Å². The number of anilines is 1. The molecule has 0 bridgehead atoms. The number of ether oxygens (including phenoxy) is 1. The molecule has 0 aliphatic carbocycles. The van der Waals surface area contributed by atoms with Crippen LogP contribution in [0.25, 0.3) is 0 Å². The number of rotatable bonds is 5. The first-order valence-corrected chi connectivity index (χ1v) is 6.95. The Kier molecular flexibility index (Phi) is 5.39. The first-order valence-electron chi connectivity index (χ1n) is 6.57. The summed E-state index contributed by atoms with van der Waals surface area (Å²) >= 11 is 6.31. The summed E-state index contributed by atoms with van der Waals surface area (Å²) in [5, 5.41) is 9.40. The number of piperidine rings is 1. The lowest BCUT2D eigenvalue weighted by Gasteiger charge is -2.33. The van der Waals surface area contributed by atoms with Crippen LogP contribution in [0, 0.1) is 0 Å². The topological polar surface area (TPSA) is 71.6 Å². The van der Waals surface area contributed by atoms with E-state index in [-0.39, 0.29) is 12.7 Å². The fourth-order valence-corrected chi connectivity index (χ4v) is 2.61. The van der Waals surface area contributed by atoms with Gasteiger partial charge in [-0.3, -0.25) is 0 Å². The van der Waals surface area contributed by atoms with Gasteiger partial charge in [0.1, 0.15) is 5.82 Å². The monoisotopic (exact) mass is 285 g/mol. The van der Waals surface area contributed by atoms with Gasteiger partial charge in [-0.25, -0.2) is 4.98 Å². The lowest BCUT2D eigenvalue weighted by molar-refractivity contribution is 0.0158. The fourth-order valence-electron chi connectivity index (χ4n) is 2.30. The summed E-state index contributed by atoms with van der Waals surface area (Å²) in [4.78, 5) is 6.52.